The summed E-state index contributed by atoms with van der Waals surface area (Å²) in [7, 11) is 0. The summed E-state index contributed by atoms with van der Waals surface area (Å²) in [6.45, 7) is 0. The number of carbonyl (C=O) groups is 1. The van der Waals surface area contributed by atoms with Crippen LogP contribution in [0, 0.1) is 26.0 Å². The van der Waals surface area contributed by atoms with E-state index in [2.05, 4.69) is 58.0 Å². The Morgan fingerprint density at radius 3 is 1.73 bits per heavy atom. The van der Waals surface area contributed by atoms with Gasteiger partial charge in [0.1, 0.15) is 11.5 Å². The lowest BCUT2D eigenvalue weighted by Gasteiger charge is -2.04. The van der Waals surface area contributed by atoms with Gasteiger partial charge in [-0.2, -0.15) is 9.36 Å². The number of benzene rings is 6. The molecule has 0 fully saturated rings. The van der Waals surface area contributed by atoms with Crippen LogP contribution in [0.1, 0.15) is 11.1 Å². The topological polar surface area (TPSA) is 366 Å². The lowest BCUT2D eigenvalue weighted by Crippen LogP contribution is -2.29. The van der Waals surface area contributed by atoms with Gasteiger partial charge in [-0.1, -0.05) is 96.0 Å². The summed E-state index contributed by atoms with van der Waals surface area (Å²) in [5.74, 6) is -0.450. The monoisotopic (exact) mass is 1200 g/mol. The fourth-order valence-corrected chi connectivity index (χ4v) is 8.68. The van der Waals surface area contributed by atoms with Crippen molar-refractivity contribution in [3.8, 4) is 56.2 Å². The number of carbonyl (C=O) groups excluding carboxylic acids is 1. The summed E-state index contributed by atoms with van der Waals surface area (Å²) >= 11 is 16.5. The standard InChI is InChI=1S/C17H14ClN3O3.C15H10ClFN6O2.C15H12N2O.C10H8N4O3S/c18-13-3-1-2-11(10-13)4-9-15-16(19-20-17(15)22)12-5-7-14(8-6-12)21(23)24;16-9-5-11(7-19-6-9)20-21-13-12(8-1-3-10(17)4-2-8)22-23(14(13)24)15(18)25;18-15-13(11-7-3-1-4-8-11)14(16-17-15)12-9-5-2-6-10-12;11-10(18)13-9(15)5-8(12-13)6-1-3-7(4-2-6)14(16)17/h1-3,5-8,10H,4,9H2,(H2,19,20,22);1-7,22H,(H2,18,25);1-10H,(H2,16,17,18);1-5,12H,(H2,11,18). The predicted octanol–water partition coefficient (Wildman–Crippen LogP) is 11.0. The van der Waals surface area contributed by atoms with Gasteiger partial charge in [-0.25, -0.2) is 9.18 Å². The molecular formula is C57H44Cl2FN15O9S. The van der Waals surface area contributed by atoms with Crippen molar-refractivity contribution in [3.63, 3.8) is 0 Å². The Kier molecular flexibility index (Phi) is 19.4. The second-order valence-electron chi connectivity index (χ2n) is 17.8. The Hall–Kier alpha value is -11.2. The number of halogens is 3. The zero-order chi connectivity index (χ0) is 60.7. The Morgan fingerprint density at radius 2 is 1.15 bits per heavy atom. The number of aromatic amines is 6. The molecule has 28 heteroatoms. The van der Waals surface area contributed by atoms with E-state index in [4.69, 9.17) is 34.7 Å². The molecule has 85 heavy (non-hydrogen) atoms. The van der Waals surface area contributed by atoms with Gasteiger partial charge in [-0.05, 0) is 103 Å². The van der Waals surface area contributed by atoms with E-state index in [1.807, 2.05) is 78.9 Å². The van der Waals surface area contributed by atoms with Gasteiger partial charge in [0.05, 0.1) is 49.4 Å². The fraction of sp³-hybridized carbons (Fsp3) is 0.0351. The molecule has 0 aliphatic carbocycles. The maximum absolute atomic E-state index is 13.1. The smallest absolute Gasteiger partial charge is 0.341 e. The van der Waals surface area contributed by atoms with Gasteiger partial charge < -0.3 is 11.5 Å². The number of thiocarbonyl (C=S) groups is 1. The van der Waals surface area contributed by atoms with Crippen LogP contribution in [0.25, 0.3) is 56.2 Å². The number of nitro groups is 2. The molecule has 0 radical (unpaired) electrons. The second kappa shape index (κ2) is 27.5. The van der Waals surface area contributed by atoms with E-state index in [9.17, 15) is 48.6 Å². The number of nitrogens with one attached hydrogen (secondary N) is 6. The number of non-ortho nitro benzene ring substituents is 2. The van der Waals surface area contributed by atoms with Crippen molar-refractivity contribution in [3.05, 3.63) is 271 Å². The average molecular weight is 1210 g/mol. The van der Waals surface area contributed by atoms with Crippen LogP contribution in [0.15, 0.2) is 212 Å². The minimum absolute atomic E-state index is 0.0112. The molecule has 5 aromatic heterocycles. The number of pyridine rings is 1. The minimum Gasteiger partial charge on any atom is -0.374 e. The maximum Gasteiger partial charge on any atom is 0.341 e. The quantitative estimate of drug-likeness (QED) is 0.0245. The van der Waals surface area contributed by atoms with Gasteiger partial charge >= 0.3 is 11.6 Å². The molecular weight excluding hydrogens is 1160 g/mol. The number of nitrogens with two attached hydrogens (primary N) is 2. The number of amides is 1. The highest BCUT2D eigenvalue weighted by Crippen LogP contribution is 2.30. The van der Waals surface area contributed by atoms with E-state index in [1.165, 1.54) is 85.2 Å². The second-order valence-corrected chi connectivity index (χ2v) is 19.1. The van der Waals surface area contributed by atoms with Crippen LogP contribution >= 0.6 is 35.4 Å². The summed E-state index contributed by atoms with van der Waals surface area (Å²) in [5, 5.41) is 46.2. The number of hydrogen-bond acceptors (Lipinski definition) is 13. The van der Waals surface area contributed by atoms with Crippen LogP contribution in [-0.4, -0.2) is 65.9 Å². The summed E-state index contributed by atoms with van der Waals surface area (Å²) in [6.07, 6.45) is 4.01. The van der Waals surface area contributed by atoms with Crippen LogP contribution in [0.2, 0.25) is 10.0 Å². The van der Waals surface area contributed by atoms with E-state index < -0.39 is 27.3 Å². The van der Waals surface area contributed by atoms with E-state index in [1.54, 1.807) is 18.2 Å². The van der Waals surface area contributed by atoms with Gasteiger partial charge in [-0.3, -0.25) is 75.0 Å². The largest absolute Gasteiger partial charge is 0.374 e. The van der Waals surface area contributed by atoms with Gasteiger partial charge in [-0.15, -0.1) is 10.2 Å². The van der Waals surface area contributed by atoms with Crippen LogP contribution < -0.4 is 33.7 Å². The van der Waals surface area contributed by atoms with E-state index in [0.29, 0.717) is 66.9 Å². The molecule has 1 amide bonds. The Morgan fingerprint density at radius 1 is 0.588 bits per heavy atom. The summed E-state index contributed by atoms with van der Waals surface area (Å²) < 4.78 is 14.7. The third-order valence-electron chi connectivity index (χ3n) is 12.2. The van der Waals surface area contributed by atoms with E-state index in [-0.39, 0.29) is 44.5 Å². The van der Waals surface area contributed by atoms with Crippen LogP contribution in [0.4, 0.5) is 31.9 Å². The number of primary amides is 1. The van der Waals surface area contributed by atoms with E-state index >= 15 is 0 Å². The summed E-state index contributed by atoms with van der Waals surface area (Å²) in [6, 6.07) is 45.9. The normalized spacial score (nSPS) is 10.7. The third kappa shape index (κ3) is 15.2. The third-order valence-corrected chi connectivity index (χ3v) is 12.8. The first-order valence-corrected chi connectivity index (χ1v) is 26.0. The highest BCUT2D eigenvalue weighted by molar-refractivity contribution is 7.80. The molecule has 0 aliphatic rings. The lowest BCUT2D eigenvalue weighted by atomic mass is 10.0. The SMILES string of the molecule is NC(=O)n1[nH]c(-c2ccc(F)cc2)c(N=Nc2cncc(Cl)c2)c1=O.NC(=S)n1[nH]c(-c2ccc([N+](=O)[O-])cc2)cc1=O.O=c1[nH][nH]c(-c2ccc([N+](=O)[O-])cc2)c1CCc1cccc(Cl)c1.O=c1[nH][nH]c(-c2ccccc2)c1-c1ccccc1. The number of nitro benzene ring substituents is 2. The molecule has 5 heterocycles. The molecule has 0 atom stereocenters. The van der Waals surface area contributed by atoms with Crippen LogP contribution in [-0.2, 0) is 12.8 Å². The molecule has 428 valence electrons. The van der Waals surface area contributed by atoms with Crippen LogP contribution in [0.5, 0.6) is 0 Å². The average Bonchev–Trinajstić information content (AvgIpc) is 4.50. The van der Waals surface area contributed by atoms with Gasteiger partial charge in [0, 0.05) is 69.4 Å². The Bertz CT molecular complexity index is 4460. The minimum atomic E-state index is -1.01. The fourth-order valence-electron chi connectivity index (χ4n) is 8.17. The number of aryl methyl sites for hydroxylation is 1. The van der Waals surface area contributed by atoms with Crippen molar-refractivity contribution in [1.82, 2.24) is 44.9 Å². The van der Waals surface area contributed by atoms with Gasteiger partial charge in [0.2, 0.25) is 0 Å². The zero-order valence-corrected chi connectivity index (χ0v) is 46.1. The first-order chi connectivity index (χ1) is 40.8. The highest BCUT2D eigenvalue weighted by atomic mass is 35.5. The van der Waals surface area contributed by atoms with Crippen molar-refractivity contribution in [2.45, 2.75) is 12.8 Å². The molecule has 11 aromatic rings. The molecule has 10 N–H and O–H groups in total. The zero-order valence-electron chi connectivity index (χ0n) is 43.7. The molecule has 0 aliphatic heterocycles. The Labute approximate surface area is 492 Å². The number of hydrogen-bond donors (Lipinski definition) is 8. The number of rotatable bonds is 12. The highest BCUT2D eigenvalue weighted by Gasteiger charge is 2.20. The molecule has 6 aromatic carbocycles. The number of azo groups is 1. The summed E-state index contributed by atoms with van der Waals surface area (Å²) in [5.41, 5.74) is 17.4. The number of H-pyrrole nitrogens is 6. The first kappa shape index (κ1) is 59.9. The molecule has 0 spiro atoms. The molecule has 0 bridgehead atoms. The molecule has 24 nitrogen and oxygen atoms in total. The maximum atomic E-state index is 13.1. The van der Waals surface area contributed by atoms with Crippen molar-refractivity contribution < 1.29 is 19.0 Å². The summed E-state index contributed by atoms with van der Waals surface area (Å²) in [4.78, 5) is 83.3. The van der Waals surface area contributed by atoms with Crippen molar-refractivity contribution >= 4 is 69.3 Å². The van der Waals surface area contributed by atoms with E-state index in [0.717, 1.165) is 32.6 Å². The van der Waals surface area contributed by atoms with Crippen LogP contribution in [0.3, 0.4) is 0 Å². The van der Waals surface area contributed by atoms with Crippen molar-refractivity contribution in [1.29, 1.82) is 0 Å². The first-order valence-electron chi connectivity index (χ1n) is 24.8. The Balaban J connectivity index is 0.000000149. The predicted molar refractivity (Wildman–Crippen MR) is 323 cm³/mol. The molecule has 0 saturated heterocycles. The molecule has 0 saturated carbocycles. The molecule has 0 unspecified atom stereocenters. The lowest BCUT2D eigenvalue weighted by molar-refractivity contribution is -0.385. The van der Waals surface area contributed by atoms with Gasteiger partial charge in [0.15, 0.2) is 10.8 Å². The molecule has 11 rings (SSSR count). The van der Waals surface area contributed by atoms with Crippen molar-refractivity contribution in [2.24, 2.45) is 21.7 Å². The van der Waals surface area contributed by atoms with Gasteiger partial charge in [0.25, 0.3) is 28.1 Å². The number of aromatic nitrogens is 9. The number of nitrogens with zero attached hydrogens (tertiary/aromatic N) is 7. The van der Waals surface area contributed by atoms with Crippen molar-refractivity contribution in [2.75, 3.05) is 0 Å².